The van der Waals surface area contributed by atoms with Crippen molar-refractivity contribution < 1.29 is 4.74 Å². The first kappa shape index (κ1) is 15.9. The lowest BCUT2D eigenvalue weighted by molar-refractivity contribution is 0.302. The van der Waals surface area contributed by atoms with Gasteiger partial charge in [0.25, 0.3) is 0 Å². The fourth-order valence-corrected chi connectivity index (χ4v) is 2.38. The molecule has 0 heterocycles. The molecule has 0 unspecified atom stereocenters. The Morgan fingerprint density at radius 1 is 1.14 bits per heavy atom. The fraction of sp³-hybridized carbons (Fsp3) is 0.333. The van der Waals surface area contributed by atoms with E-state index in [-0.39, 0.29) is 0 Å². The van der Waals surface area contributed by atoms with Gasteiger partial charge in [-0.2, -0.15) is 0 Å². The first-order chi connectivity index (χ1) is 10.2. The van der Waals surface area contributed by atoms with Gasteiger partial charge in [0.1, 0.15) is 12.4 Å². The number of hydrogen-bond acceptors (Lipinski definition) is 2. The Morgan fingerprint density at radius 3 is 2.76 bits per heavy atom. The van der Waals surface area contributed by atoms with Crippen LogP contribution in [0, 0.1) is 6.92 Å². The van der Waals surface area contributed by atoms with E-state index in [0.29, 0.717) is 6.61 Å². The highest BCUT2D eigenvalue weighted by Gasteiger charge is 2.05. The number of halogens is 1. The number of aryl methyl sites for hydroxylation is 1. The predicted molar refractivity (Wildman–Crippen MR) is 89.0 cm³/mol. The lowest BCUT2D eigenvalue weighted by Crippen LogP contribution is -2.14. The summed E-state index contributed by atoms with van der Waals surface area (Å²) in [5, 5.41) is 4.13. The first-order valence-corrected chi connectivity index (χ1v) is 7.74. The van der Waals surface area contributed by atoms with Crippen LogP contribution in [-0.2, 0) is 13.2 Å². The summed E-state index contributed by atoms with van der Waals surface area (Å²) in [5.74, 6) is 0.893. The van der Waals surface area contributed by atoms with Gasteiger partial charge in [-0.25, -0.2) is 0 Å². The van der Waals surface area contributed by atoms with Crippen LogP contribution in [-0.4, -0.2) is 6.54 Å². The normalized spacial score (nSPS) is 10.6. The average molecular weight is 304 g/mol. The monoisotopic (exact) mass is 303 g/mol. The molecule has 0 atom stereocenters. The minimum atomic E-state index is 0.574. The maximum atomic E-state index is 6.08. The van der Waals surface area contributed by atoms with E-state index in [9.17, 15) is 0 Å². The molecule has 0 aromatic heterocycles. The molecule has 0 fully saturated rings. The van der Waals surface area contributed by atoms with E-state index < -0.39 is 0 Å². The SMILES string of the molecule is CCCNCc1cc(Cl)ccc1OCc1cccc(C)c1. The van der Waals surface area contributed by atoms with Crippen LogP contribution in [0.4, 0.5) is 0 Å². The summed E-state index contributed by atoms with van der Waals surface area (Å²) in [6, 6.07) is 14.2. The summed E-state index contributed by atoms with van der Waals surface area (Å²) in [7, 11) is 0. The highest BCUT2D eigenvalue weighted by atomic mass is 35.5. The Morgan fingerprint density at radius 2 is 2.00 bits per heavy atom. The average Bonchev–Trinajstić information content (AvgIpc) is 2.47. The number of rotatable bonds is 7. The summed E-state index contributed by atoms with van der Waals surface area (Å²) in [5.41, 5.74) is 3.53. The van der Waals surface area contributed by atoms with Gasteiger partial charge < -0.3 is 10.1 Å². The molecule has 3 heteroatoms. The molecule has 0 amide bonds. The molecule has 1 N–H and O–H groups in total. The zero-order valence-electron chi connectivity index (χ0n) is 12.7. The third-order valence-electron chi connectivity index (χ3n) is 3.24. The van der Waals surface area contributed by atoms with Gasteiger partial charge in [0, 0.05) is 17.1 Å². The van der Waals surface area contributed by atoms with Gasteiger partial charge in [0.15, 0.2) is 0 Å². The van der Waals surface area contributed by atoms with Crippen molar-refractivity contribution in [2.24, 2.45) is 0 Å². The van der Waals surface area contributed by atoms with E-state index in [0.717, 1.165) is 35.8 Å². The number of hydrogen-bond donors (Lipinski definition) is 1. The molecule has 0 saturated heterocycles. The molecule has 0 spiro atoms. The molecule has 112 valence electrons. The summed E-state index contributed by atoms with van der Waals surface area (Å²) < 4.78 is 5.97. The molecule has 2 nitrogen and oxygen atoms in total. The van der Waals surface area contributed by atoms with Crippen LogP contribution in [0.1, 0.15) is 30.0 Å². The van der Waals surface area contributed by atoms with Gasteiger partial charge in [-0.3, -0.25) is 0 Å². The van der Waals surface area contributed by atoms with Crippen LogP contribution >= 0.6 is 11.6 Å². The second kappa shape index (κ2) is 8.06. The van der Waals surface area contributed by atoms with E-state index in [4.69, 9.17) is 16.3 Å². The van der Waals surface area contributed by atoms with E-state index in [1.54, 1.807) is 0 Å². The molecule has 2 rings (SSSR count). The van der Waals surface area contributed by atoms with Crippen molar-refractivity contribution >= 4 is 11.6 Å². The van der Waals surface area contributed by atoms with Gasteiger partial charge >= 0.3 is 0 Å². The van der Waals surface area contributed by atoms with Crippen molar-refractivity contribution in [3.05, 3.63) is 64.2 Å². The summed E-state index contributed by atoms with van der Waals surface area (Å²) in [6.07, 6.45) is 1.11. The molecule has 2 aromatic carbocycles. The molecule has 0 bridgehead atoms. The van der Waals surface area contributed by atoms with Crippen LogP contribution in [0.3, 0.4) is 0 Å². The van der Waals surface area contributed by atoms with Gasteiger partial charge in [-0.15, -0.1) is 0 Å². The second-order valence-electron chi connectivity index (χ2n) is 5.21. The maximum Gasteiger partial charge on any atom is 0.124 e. The lowest BCUT2D eigenvalue weighted by atomic mass is 10.1. The number of ether oxygens (including phenoxy) is 1. The van der Waals surface area contributed by atoms with Crippen LogP contribution < -0.4 is 10.1 Å². The smallest absolute Gasteiger partial charge is 0.124 e. The predicted octanol–water partition coefficient (Wildman–Crippen LogP) is 4.73. The fourth-order valence-electron chi connectivity index (χ4n) is 2.19. The van der Waals surface area contributed by atoms with E-state index >= 15 is 0 Å². The third kappa shape index (κ3) is 5.07. The molecule has 0 aliphatic heterocycles. The van der Waals surface area contributed by atoms with E-state index in [1.807, 2.05) is 18.2 Å². The lowest BCUT2D eigenvalue weighted by Gasteiger charge is -2.13. The third-order valence-corrected chi connectivity index (χ3v) is 3.48. The Labute approximate surface area is 132 Å². The van der Waals surface area contributed by atoms with Crippen molar-refractivity contribution in [1.82, 2.24) is 5.32 Å². The summed E-state index contributed by atoms with van der Waals surface area (Å²) in [4.78, 5) is 0. The van der Waals surface area contributed by atoms with Crippen LogP contribution in [0.5, 0.6) is 5.75 Å². The van der Waals surface area contributed by atoms with Crippen molar-refractivity contribution in [2.45, 2.75) is 33.4 Å². The van der Waals surface area contributed by atoms with Gasteiger partial charge in [0.05, 0.1) is 0 Å². The molecule has 21 heavy (non-hydrogen) atoms. The van der Waals surface area contributed by atoms with E-state index in [1.165, 1.54) is 11.1 Å². The summed E-state index contributed by atoms with van der Waals surface area (Å²) >= 11 is 6.08. The Hall–Kier alpha value is -1.51. The topological polar surface area (TPSA) is 21.3 Å². The second-order valence-corrected chi connectivity index (χ2v) is 5.64. The molecule has 0 radical (unpaired) electrons. The zero-order chi connectivity index (χ0) is 15.1. The van der Waals surface area contributed by atoms with Gasteiger partial charge in [0.2, 0.25) is 0 Å². The highest BCUT2D eigenvalue weighted by Crippen LogP contribution is 2.24. The largest absolute Gasteiger partial charge is 0.489 e. The summed E-state index contributed by atoms with van der Waals surface area (Å²) in [6.45, 7) is 6.58. The highest BCUT2D eigenvalue weighted by molar-refractivity contribution is 6.30. The molecule has 0 saturated carbocycles. The maximum absolute atomic E-state index is 6.08. The van der Waals surface area contributed by atoms with Crippen molar-refractivity contribution in [3.63, 3.8) is 0 Å². The van der Waals surface area contributed by atoms with E-state index in [2.05, 4.69) is 43.4 Å². The van der Waals surface area contributed by atoms with Crippen molar-refractivity contribution in [1.29, 1.82) is 0 Å². The number of nitrogens with one attached hydrogen (secondary N) is 1. The van der Waals surface area contributed by atoms with Crippen molar-refractivity contribution in [2.75, 3.05) is 6.54 Å². The minimum Gasteiger partial charge on any atom is -0.489 e. The van der Waals surface area contributed by atoms with Crippen LogP contribution in [0.25, 0.3) is 0 Å². The molecule has 0 aliphatic carbocycles. The Bertz CT molecular complexity index is 583. The Kier molecular flexibility index (Phi) is 6.09. The molecular formula is C18H22ClNO. The number of benzene rings is 2. The zero-order valence-corrected chi connectivity index (χ0v) is 13.4. The molecule has 2 aromatic rings. The van der Waals surface area contributed by atoms with Gasteiger partial charge in [-0.05, 0) is 43.7 Å². The van der Waals surface area contributed by atoms with Crippen LogP contribution in [0.2, 0.25) is 5.02 Å². The first-order valence-electron chi connectivity index (χ1n) is 7.36. The minimum absolute atomic E-state index is 0.574. The van der Waals surface area contributed by atoms with Gasteiger partial charge in [-0.1, -0.05) is 48.4 Å². The standard InChI is InChI=1S/C18H22ClNO/c1-3-9-20-12-16-11-17(19)7-8-18(16)21-13-15-6-4-5-14(2)10-15/h4-8,10-11,20H,3,9,12-13H2,1-2H3. The molecular weight excluding hydrogens is 282 g/mol. The van der Waals surface area contributed by atoms with Crippen molar-refractivity contribution in [3.8, 4) is 5.75 Å². The Balaban J connectivity index is 2.04. The van der Waals surface area contributed by atoms with Crippen LogP contribution in [0.15, 0.2) is 42.5 Å². The molecule has 0 aliphatic rings. The quantitative estimate of drug-likeness (QED) is 0.747.